The maximum absolute atomic E-state index is 12.4. The van der Waals surface area contributed by atoms with Crippen LogP contribution < -0.4 is 0 Å². The van der Waals surface area contributed by atoms with Gasteiger partial charge in [0, 0.05) is 43.4 Å². The van der Waals surface area contributed by atoms with Crippen LogP contribution in [-0.4, -0.2) is 62.6 Å². The lowest BCUT2D eigenvalue weighted by Gasteiger charge is -2.47. The Balaban J connectivity index is 1.43. The Morgan fingerprint density at radius 3 is 2.72 bits per heavy atom. The molecule has 2 aliphatic heterocycles. The van der Waals surface area contributed by atoms with Crippen molar-refractivity contribution in [3.8, 4) is 0 Å². The first-order valence-corrected chi connectivity index (χ1v) is 8.56. The molecule has 2 aliphatic rings. The van der Waals surface area contributed by atoms with Crippen LogP contribution in [0.5, 0.6) is 0 Å². The van der Waals surface area contributed by atoms with Crippen LogP contribution in [0, 0.1) is 5.41 Å². The highest BCUT2D eigenvalue weighted by Gasteiger charge is 2.53. The topological polar surface area (TPSA) is 88.2 Å². The summed E-state index contributed by atoms with van der Waals surface area (Å²) in [5.74, 6) is 1.54. The van der Waals surface area contributed by atoms with E-state index in [2.05, 4.69) is 32.1 Å². The molecule has 2 saturated heterocycles. The third-order valence-corrected chi connectivity index (χ3v) is 5.10. The molecule has 0 aromatic carbocycles. The van der Waals surface area contributed by atoms with Crippen LogP contribution in [0.1, 0.15) is 54.5 Å². The van der Waals surface area contributed by atoms with Gasteiger partial charge in [0.05, 0.1) is 12.2 Å². The van der Waals surface area contributed by atoms with E-state index in [4.69, 9.17) is 4.42 Å². The fourth-order valence-electron chi connectivity index (χ4n) is 3.87. The van der Waals surface area contributed by atoms with Gasteiger partial charge in [0.25, 0.3) is 5.91 Å². The number of likely N-dealkylation sites (tertiary alicyclic amines) is 2. The maximum Gasteiger partial charge on any atom is 0.274 e. The molecule has 2 fully saturated rings. The molecule has 0 N–H and O–H groups in total. The average Bonchev–Trinajstić information content (AvgIpc) is 3.18. The monoisotopic (exact) mass is 342 g/mol. The molecule has 2 aromatic rings. The van der Waals surface area contributed by atoms with Crippen LogP contribution in [0.15, 0.2) is 23.0 Å². The van der Waals surface area contributed by atoms with Crippen LogP contribution in [0.25, 0.3) is 0 Å². The molecule has 8 heteroatoms. The molecule has 0 unspecified atom stereocenters. The number of carbonyl (C=O) groups is 1. The molecule has 1 spiro atoms. The first-order valence-electron chi connectivity index (χ1n) is 8.56. The summed E-state index contributed by atoms with van der Waals surface area (Å²) in [6, 6.07) is 0.119. The van der Waals surface area contributed by atoms with Crippen LogP contribution >= 0.6 is 0 Å². The first-order chi connectivity index (χ1) is 12.0. The number of nitrogens with zero attached hydrogens (tertiary/aromatic N) is 6. The minimum Gasteiger partial charge on any atom is -0.423 e. The molecule has 4 rings (SSSR count). The van der Waals surface area contributed by atoms with Gasteiger partial charge in [0.2, 0.25) is 11.8 Å². The Morgan fingerprint density at radius 1 is 1.28 bits per heavy atom. The fourth-order valence-corrected chi connectivity index (χ4v) is 3.87. The lowest BCUT2D eigenvalue weighted by atomic mass is 9.77. The van der Waals surface area contributed by atoms with Crippen molar-refractivity contribution in [2.75, 3.05) is 26.7 Å². The Kier molecular flexibility index (Phi) is 3.79. The van der Waals surface area contributed by atoms with Gasteiger partial charge < -0.3 is 9.32 Å². The van der Waals surface area contributed by atoms with Gasteiger partial charge in [0.1, 0.15) is 5.69 Å². The largest absolute Gasteiger partial charge is 0.423 e. The summed E-state index contributed by atoms with van der Waals surface area (Å²) in [5, 5.41) is 8.38. The quantitative estimate of drug-likeness (QED) is 0.835. The Morgan fingerprint density at radius 2 is 2.08 bits per heavy atom. The van der Waals surface area contributed by atoms with E-state index in [1.165, 1.54) is 6.20 Å². The summed E-state index contributed by atoms with van der Waals surface area (Å²) < 4.78 is 5.84. The second-order valence-electron chi connectivity index (χ2n) is 7.52. The second-order valence-corrected chi connectivity index (χ2v) is 7.52. The molecular formula is C17H22N6O2. The zero-order chi connectivity index (χ0) is 17.6. The van der Waals surface area contributed by atoms with Crippen LogP contribution in [0.3, 0.4) is 0 Å². The zero-order valence-corrected chi connectivity index (χ0v) is 14.7. The van der Waals surface area contributed by atoms with Gasteiger partial charge in [-0.05, 0) is 13.5 Å². The third-order valence-electron chi connectivity index (χ3n) is 5.10. The second kappa shape index (κ2) is 5.87. The SMILES string of the molecule is CC(C)c1nnc([C@@H]2CC3(CN(C(=O)c4cnccn4)C3)CN2C)o1. The van der Waals surface area contributed by atoms with E-state index in [0.29, 0.717) is 17.5 Å². The molecule has 1 atom stereocenters. The van der Waals surface area contributed by atoms with Crippen molar-refractivity contribution in [1.29, 1.82) is 0 Å². The Labute approximate surface area is 146 Å². The molecule has 0 aliphatic carbocycles. The van der Waals surface area contributed by atoms with Crippen molar-refractivity contribution < 1.29 is 9.21 Å². The van der Waals surface area contributed by atoms with Gasteiger partial charge in [-0.1, -0.05) is 13.8 Å². The molecule has 25 heavy (non-hydrogen) atoms. The maximum atomic E-state index is 12.4. The van der Waals surface area contributed by atoms with E-state index >= 15 is 0 Å². The Bertz CT molecular complexity index is 768. The molecule has 132 valence electrons. The summed E-state index contributed by atoms with van der Waals surface area (Å²) in [7, 11) is 2.08. The van der Waals surface area contributed by atoms with Gasteiger partial charge >= 0.3 is 0 Å². The molecule has 0 radical (unpaired) electrons. The number of carbonyl (C=O) groups excluding carboxylic acids is 1. The highest BCUT2D eigenvalue weighted by Crippen LogP contribution is 2.47. The number of amides is 1. The van der Waals surface area contributed by atoms with Crippen LogP contribution in [0.2, 0.25) is 0 Å². The summed E-state index contributed by atoms with van der Waals surface area (Å²) in [6.07, 6.45) is 5.56. The van der Waals surface area contributed by atoms with Crippen molar-refractivity contribution >= 4 is 5.91 Å². The predicted octanol–water partition coefficient (Wildman–Crippen LogP) is 1.50. The van der Waals surface area contributed by atoms with Gasteiger partial charge in [-0.15, -0.1) is 10.2 Å². The highest BCUT2D eigenvalue weighted by molar-refractivity contribution is 5.92. The third kappa shape index (κ3) is 2.80. The molecule has 0 saturated carbocycles. The average molecular weight is 342 g/mol. The van der Waals surface area contributed by atoms with Crippen molar-refractivity contribution in [1.82, 2.24) is 30.0 Å². The van der Waals surface area contributed by atoms with Crippen LogP contribution in [-0.2, 0) is 0 Å². The summed E-state index contributed by atoms with van der Waals surface area (Å²) >= 11 is 0. The zero-order valence-electron chi connectivity index (χ0n) is 14.7. The molecule has 1 amide bonds. The normalized spacial score (nSPS) is 22.6. The molecule has 2 aromatic heterocycles. The minimum atomic E-state index is -0.0512. The molecular weight excluding hydrogens is 320 g/mol. The summed E-state index contributed by atoms with van der Waals surface area (Å²) in [5.41, 5.74) is 0.503. The van der Waals surface area contributed by atoms with Gasteiger partial charge in [-0.25, -0.2) is 4.98 Å². The van der Waals surface area contributed by atoms with Gasteiger partial charge in [-0.2, -0.15) is 0 Å². The van der Waals surface area contributed by atoms with Crippen LogP contribution in [0.4, 0.5) is 0 Å². The highest BCUT2D eigenvalue weighted by atomic mass is 16.4. The lowest BCUT2D eigenvalue weighted by Crippen LogP contribution is -2.59. The van der Waals surface area contributed by atoms with E-state index in [1.54, 1.807) is 12.4 Å². The summed E-state index contributed by atoms with van der Waals surface area (Å²) in [4.78, 5) is 24.6. The van der Waals surface area contributed by atoms with E-state index < -0.39 is 0 Å². The van der Waals surface area contributed by atoms with Gasteiger partial charge in [-0.3, -0.25) is 14.7 Å². The van der Waals surface area contributed by atoms with E-state index in [1.807, 2.05) is 18.7 Å². The van der Waals surface area contributed by atoms with Crippen molar-refractivity contribution in [3.05, 3.63) is 36.1 Å². The smallest absolute Gasteiger partial charge is 0.274 e. The molecule has 8 nitrogen and oxygen atoms in total. The number of hydrogen-bond acceptors (Lipinski definition) is 7. The standard InChI is InChI=1S/C17H22N6O2/c1-11(2)14-20-21-15(25-14)13-6-17(8-22(13)3)9-23(10-17)16(24)12-7-18-4-5-19-12/h4-5,7,11,13H,6,8-10H2,1-3H3/t13-/m0/s1. The van der Waals surface area contributed by atoms with Gasteiger partial charge in [0.15, 0.2) is 0 Å². The lowest BCUT2D eigenvalue weighted by molar-refractivity contribution is 0.0110. The Hall–Kier alpha value is -2.35. The number of rotatable bonds is 3. The minimum absolute atomic E-state index is 0.0512. The first kappa shape index (κ1) is 16.1. The van der Waals surface area contributed by atoms with Crippen molar-refractivity contribution in [2.24, 2.45) is 5.41 Å². The fraction of sp³-hybridized carbons (Fsp3) is 0.588. The molecule has 0 bridgehead atoms. The number of aromatic nitrogens is 4. The number of hydrogen-bond donors (Lipinski definition) is 0. The molecule has 4 heterocycles. The van der Waals surface area contributed by atoms with Crippen molar-refractivity contribution in [3.63, 3.8) is 0 Å². The predicted molar refractivity (Wildman–Crippen MR) is 88.7 cm³/mol. The summed E-state index contributed by atoms with van der Waals surface area (Å²) in [6.45, 7) is 6.46. The van der Waals surface area contributed by atoms with E-state index in [0.717, 1.165) is 26.1 Å². The van der Waals surface area contributed by atoms with E-state index in [9.17, 15) is 4.79 Å². The van der Waals surface area contributed by atoms with E-state index in [-0.39, 0.29) is 23.3 Å². The van der Waals surface area contributed by atoms with Crippen molar-refractivity contribution in [2.45, 2.75) is 32.2 Å².